The van der Waals surface area contributed by atoms with Crippen molar-refractivity contribution in [2.24, 2.45) is 0 Å². The molecule has 0 spiro atoms. The Hall–Kier alpha value is -1.35. The summed E-state index contributed by atoms with van der Waals surface area (Å²) >= 11 is 0. The topological polar surface area (TPSA) is 29.5 Å². The summed E-state index contributed by atoms with van der Waals surface area (Å²) in [7, 11) is 1.48. The van der Waals surface area contributed by atoms with Crippen LogP contribution in [0.15, 0.2) is 30.9 Å². The maximum absolute atomic E-state index is 13.7. The number of benzene rings is 1. The van der Waals surface area contributed by atoms with E-state index in [9.17, 15) is 9.50 Å². The molecule has 0 aliphatic carbocycles. The Kier molecular flexibility index (Phi) is 4.07. The van der Waals surface area contributed by atoms with Crippen molar-refractivity contribution in [2.75, 3.05) is 7.11 Å². The van der Waals surface area contributed by atoms with E-state index in [2.05, 4.69) is 6.58 Å². The number of ether oxygens (including phenoxy) is 1. The minimum atomic E-state index is -1.18. The van der Waals surface area contributed by atoms with Gasteiger partial charge in [-0.05, 0) is 31.9 Å². The summed E-state index contributed by atoms with van der Waals surface area (Å²) < 4.78 is 18.6. The second-order valence-corrected chi connectivity index (χ2v) is 3.95. The van der Waals surface area contributed by atoms with Crippen LogP contribution in [0.5, 0.6) is 5.75 Å². The lowest BCUT2D eigenvalue weighted by Crippen LogP contribution is -2.22. The Labute approximate surface area is 95.4 Å². The van der Waals surface area contributed by atoms with Gasteiger partial charge in [-0.25, -0.2) is 4.39 Å². The van der Waals surface area contributed by atoms with Gasteiger partial charge in [0.2, 0.25) is 0 Å². The summed E-state index contributed by atoms with van der Waals surface area (Å²) in [5.74, 6) is -0.00539. The molecular weight excluding hydrogens is 207 g/mol. The van der Waals surface area contributed by atoms with Crippen molar-refractivity contribution in [3.8, 4) is 5.75 Å². The van der Waals surface area contributed by atoms with E-state index in [0.717, 1.165) is 0 Å². The molecule has 0 heterocycles. The zero-order valence-corrected chi connectivity index (χ0v) is 9.66. The molecule has 88 valence electrons. The van der Waals surface area contributed by atoms with Gasteiger partial charge < -0.3 is 9.84 Å². The van der Waals surface area contributed by atoms with Crippen LogP contribution in [-0.2, 0) is 5.60 Å². The smallest absolute Gasteiger partial charge is 0.132 e. The molecule has 1 unspecified atom stereocenters. The number of methoxy groups -OCH3 is 1. The fourth-order valence-corrected chi connectivity index (χ4v) is 1.58. The fourth-order valence-electron chi connectivity index (χ4n) is 1.58. The van der Waals surface area contributed by atoms with Gasteiger partial charge in [0.25, 0.3) is 0 Å². The van der Waals surface area contributed by atoms with E-state index in [1.54, 1.807) is 25.1 Å². The summed E-state index contributed by atoms with van der Waals surface area (Å²) in [5, 5.41) is 10.1. The molecule has 1 rings (SSSR count). The Bertz CT molecular complexity index is 372. The molecule has 1 aromatic rings. The third kappa shape index (κ3) is 2.83. The highest BCUT2D eigenvalue weighted by atomic mass is 19.1. The van der Waals surface area contributed by atoms with Crippen molar-refractivity contribution in [1.29, 1.82) is 0 Å². The minimum Gasteiger partial charge on any atom is -0.497 e. The van der Waals surface area contributed by atoms with Crippen molar-refractivity contribution >= 4 is 0 Å². The van der Waals surface area contributed by atoms with Crippen LogP contribution in [0.2, 0.25) is 0 Å². The summed E-state index contributed by atoms with van der Waals surface area (Å²) in [4.78, 5) is 0. The zero-order chi connectivity index (χ0) is 12.2. The van der Waals surface area contributed by atoms with Gasteiger partial charge in [0, 0.05) is 11.6 Å². The first-order valence-electron chi connectivity index (χ1n) is 5.18. The first kappa shape index (κ1) is 12.7. The van der Waals surface area contributed by atoms with E-state index in [1.807, 2.05) is 0 Å². The molecule has 16 heavy (non-hydrogen) atoms. The molecule has 0 aliphatic rings. The van der Waals surface area contributed by atoms with Crippen LogP contribution in [-0.4, -0.2) is 12.2 Å². The van der Waals surface area contributed by atoms with E-state index in [4.69, 9.17) is 4.74 Å². The molecule has 0 aromatic heterocycles. The molecule has 1 atom stereocenters. The molecule has 2 nitrogen and oxygen atoms in total. The van der Waals surface area contributed by atoms with Crippen LogP contribution in [0.4, 0.5) is 4.39 Å². The second kappa shape index (κ2) is 5.12. The van der Waals surface area contributed by atoms with Crippen molar-refractivity contribution in [3.63, 3.8) is 0 Å². The molecule has 0 saturated carbocycles. The van der Waals surface area contributed by atoms with Crippen LogP contribution in [0, 0.1) is 5.82 Å². The Morgan fingerprint density at radius 1 is 1.56 bits per heavy atom. The molecule has 0 fully saturated rings. The van der Waals surface area contributed by atoms with Gasteiger partial charge in [0.1, 0.15) is 11.6 Å². The maximum atomic E-state index is 13.7. The van der Waals surface area contributed by atoms with Crippen LogP contribution in [0.3, 0.4) is 0 Å². The van der Waals surface area contributed by atoms with Crippen molar-refractivity contribution in [1.82, 2.24) is 0 Å². The molecule has 1 N–H and O–H groups in total. The highest BCUT2D eigenvalue weighted by Crippen LogP contribution is 2.30. The number of halogens is 1. The predicted molar refractivity (Wildman–Crippen MR) is 62.0 cm³/mol. The number of rotatable bonds is 5. The first-order chi connectivity index (χ1) is 7.51. The first-order valence-corrected chi connectivity index (χ1v) is 5.18. The monoisotopic (exact) mass is 224 g/mol. The van der Waals surface area contributed by atoms with Crippen LogP contribution >= 0.6 is 0 Å². The quantitative estimate of drug-likeness (QED) is 0.779. The summed E-state index contributed by atoms with van der Waals surface area (Å²) in [6, 6.07) is 4.47. The van der Waals surface area contributed by atoms with Gasteiger partial charge in [-0.2, -0.15) is 0 Å². The SMILES string of the molecule is C=CCCC(C)(O)c1ccc(OC)cc1F. The Balaban J connectivity index is 2.98. The molecule has 0 radical (unpaired) electrons. The van der Waals surface area contributed by atoms with Gasteiger partial charge in [-0.15, -0.1) is 6.58 Å². The molecule has 0 bridgehead atoms. The van der Waals surface area contributed by atoms with Crippen LogP contribution in [0.25, 0.3) is 0 Å². The van der Waals surface area contributed by atoms with E-state index in [0.29, 0.717) is 18.6 Å². The van der Waals surface area contributed by atoms with Gasteiger partial charge in [-0.1, -0.05) is 6.08 Å². The van der Waals surface area contributed by atoms with Gasteiger partial charge in [0.05, 0.1) is 12.7 Å². The summed E-state index contributed by atoms with van der Waals surface area (Å²) in [6.45, 7) is 5.18. The Morgan fingerprint density at radius 2 is 2.25 bits per heavy atom. The molecule has 3 heteroatoms. The minimum absolute atomic E-state index is 0.287. The fraction of sp³-hybridized carbons (Fsp3) is 0.385. The lowest BCUT2D eigenvalue weighted by atomic mass is 9.90. The van der Waals surface area contributed by atoms with Crippen molar-refractivity contribution in [3.05, 3.63) is 42.2 Å². The van der Waals surface area contributed by atoms with E-state index >= 15 is 0 Å². The highest BCUT2D eigenvalue weighted by molar-refractivity contribution is 5.32. The van der Waals surface area contributed by atoms with E-state index in [-0.39, 0.29) is 5.56 Å². The number of aliphatic hydroxyl groups is 1. The third-order valence-electron chi connectivity index (χ3n) is 2.59. The standard InChI is InChI=1S/C13H17FO2/c1-4-5-8-13(2,15)11-7-6-10(16-3)9-12(11)14/h4,6-7,9,15H,1,5,8H2,2-3H3. The van der Waals surface area contributed by atoms with Crippen LogP contribution < -0.4 is 4.74 Å². The zero-order valence-electron chi connectivity index (χ0n) is 9.66. The third-order valence-corrected chi connectivity index (χ3v) is 2.59. The maximum Gasteiger partial charge on any atom is 0.132 e. The van der Waals surface area contributed by atoms with Crippen LogP contribution in [0.1, 0.15) is 25.3 Å². The normalized spacial score (nSPS) is 14.2. The molecule has 0 aliphatic heterocycles. The van der Waals surface area contributed by atoms with E-state index in [1.165, 1.54) is 13.2 Å². The molecule has 0 saturated heterocycles. The summed E-state index contributed by atoms with van der Waals surface area (Å²) in [5.41, 5.74) is -0.889. The average Bonchev–Trinajstić information content (AvgIpc) is 2.25. The lowest BCUT2D eigenvalue weighted by molar-refractivity contribution is 0.0450. The predicted octanol–water partition coefficient (Wildman–Crippen LogP) is 3.01. The lowest BCUT2D eigenvalue weighted by Gasteiger charge is -2.24. The molecule has 0 amide bonds. The van der Waals surface area contributed by atoms with Gasteiger partial charge >= 0.3 is 0 Å². The number of allylic oxidation sites excluding steroid dienone is 1. The number of hydrogen-bond donors (Lipinski definition) is 1. The molecule has 1 aromatic carbocycles. The van der Waals surface area contributed by atoms with Crippen molar-refractivity contribution < 1.29 is 14.2 Å². The second-order valence-electron chi connectivity index (χ2n) is 3.95. The van der Waals surface area contributed by atoms with E-state index < -0.39 is 11.4 Å². The average molecular weight is 224 g/mol. The van der Waals surface area contributed by atoms with Crippen molar-refractivity contribution in [2.45, 2.75) is 25.4 Å². The highest BCUT2D eigenvalue weighted by Gasteiger charge is 2.25. The molecular formula is C13H17FO2. The largest absolute Gasteiger partial charge is 0.497 e. The number of hydrogen-bond acceptors (Lipinski definition) is 2. The summed E-state index contributed by atoms with van der Waals surface area (Å²) in [6.07, 6.45) is 2.79. The Morgan fingerprint density at radius 3 is 2.75 bits per heavy atom. The van der Waals surface area contributed by atoms with Gasteiger partial charge in [-0.3, -0.25) is 0 Å². The van der Waals surface area contributed by atoms with Gasteiger partial charge in [0.15, 0.2) is 0 Å².